The minimum Gasteiger partial charge on any atom is -0.444 e. The lowest BCUT2D eigenvalue weighted by atomic mass is 10.2. The van der Waals surface area contributed by atoms with Gasteiger partial charge in [-0.15, -0.1) is 0 Å². The predicted molar refractivity (Wildman–Crippen MR) is 169 cm³/mol. The largest absolute Gasteiger partial charge is 0.444 e. The van der Waals surface area contributed by atoms with Crippen LogP contribution < -0.4 is 15.1 Å². The van der Waals surface area contributed by atoms with Gasteiger partial charge in [-0.05, 0) is 41.4 Å². The quantitative estimate of drug-likeness (QED) is 0.105. The lowest BCUT2D eigenvalue weighted by molar-refractivity contribution is -0.106. The standard InChI is InChI=1S/C31H39F2O6PSSi/c1-6-35-40(34,36-7-2)24-31(32,33)28(39-29(41)38-25-17-11-8-12-18-25)23-37-42(30(3,4)5,26-19-13-9-14-20-26)27-21-15-10-16-22-27/h8-22,28H,6-7,23-24H2,1-5H3. The summed E-state index contributed by atoms with van der Waals surface area (Å²) < 4.78 is 73.9. The van der Waals surface area contributed by atoms with Crippen molar-refractivity contribution in [3.05, 3.63) is 91.0 Å². The van der Waals surface area contributed by atoms with Crippen LogP contribution in [-0.2, 0) is 22.8 Å². The zero-order chi connectivity index (χ0) is 30.9. The van der Waals surface area contributed by atoms with Crippen LogP contribution in [0.5, 0.6) is 5.75 Å². The van der Waals surface area contributed by atoms with E-state index in [2.05, 4.69) is 0 Å². The van der Waals surface area contributed by atoms with Crippen LogP contribution in [0.25, 0.3) is 0 Å². The average Bonchev–Trinajstić information content (AvgIpc) is 2.93. The SMILES string of the molecule is CCOP(=O)(CC(F)(F)C(CO[Si](c1ccccc1)(c1ccccc1)C(C)(C)C)OC(=S)Oc1ccccc1)OCC. The molecule has 0 aliphatic rings. The summed E-state index contributed by atoms with van der Waals surface area (Å²) in [5.41, 5.74) is 0. The van der Waals surface area contributed by atoms with Gasteiger partial charge in [0.05, 0.1) is 19.8 Å². The lowest BCUT2D eigenvalue weighted by Crippen LogP contribution is -2.67. The molecule has 1 unspecified atom stereocenters. The van der Waals surface area contributed by atoms with E-state index in [0.29, 0.717) is 5.75 Å². The third-order valence-electron chi connectivity index (χ3n) is 6.58. The van der Waals surface area contributed by atoms with E-state index in [-0.39, 0.29) is 13.2 Å². The number of alkyl halides is 2. The Balaban J connectivity index is 2.05. The van der Waals surface area contributed by atoms with Crippen molar-refractivity contribution in [2.75, 3.05) is 26.0 Å². The van der Waals surface area contributed by atoms with Gasteiger partial charge in [-0.3, -0.25) is 4.57 Å². The third-order valence-corrected chi connectivity index (χ3v) is 13.9. The van der Waals surface area contributed by atoms with Gasteiger partial charge < -0.3 is 22.9 Å². The molecule has 228 valence electrons. The third kappa shape index (κ3) is 8.55. The molecular formula is C31H39F2O6PSSi. The highest BCUT2D eigenvalue weighted by Gasteiger charge is 2.54. The second kappa shape index (κ2) is 14.8. The van der Waals surface area contributed by atoms with Crippen molar-refractivity contribution in [1.29, 1.82) is 0 Å². The summed E-state index contributed by atoms with van der Waals surface area (Å²) in [5, 5.41) is 0.814. The summed E-state index contributed by atoms with van der Waals surface area (Å²) in [6.07, 6.45) is -3.19. The van der Waals surface area contributed by atoms with E-state index in [9.17, 15) is 4.57 Å². The van der Waals surface area contributed by atoms with Gasteiger partial charge in [0.2, 0.25) is 0 Å². The Kier molecular flexibility index (Phi) is 12.0. The second-order valence-electron chi connectivity index (χ2n) is 10.6. The fourth-order valence-electron chi connectivity index (χ4n) is 4.81. The van der Waals surface area contributed by atoms with Crippen LogP contribution in [0.3, 0.4) is 0 Å². The zero-order valence-corrected chi connectivity index (χ0v) is 27.3. The Bertz CT molecular complexity index is 1260. The maximum Gasteiger partial charge on any atom is 0.358 e. The molecule has 0 heterocycles. The van der Waals surface area contributed by atoms with E-state index < -0.39 is 51.0 Å². The van der Waals surface area contributed by atoms with E-state index in [1.54, 1.807) is 44.2 Å². The van der Waals surface area contributed by atoms with E-state index in [1.807, 2.05) is 81.4 Å². The molecule has 0 N–H and O–H groups in total. The molecule has 1 atom stereocenters. The molecule has 0 spiro atoms. The van der Waals surface area contributed by atoms with E-state index >= 15 is 8.78 Å². The first-order chi connectivity index (χ1) is 19.9. The van der Waals surface area contributed by atoms with Crippen LogP contribution in [0, 0.1) is 0 Å². The van der Waals surface area contributed by atoms with Crippen molar-refractivity contribution in [1.82, 2.24) is 0 Å². The number of para-hydroxylation sites is 1. The number of halogens is 2. The van der Waals surface area contributed by atoms with Crippen molar-refractivity contribution in [2.45, 2.75) is 51.7 Å². The monoisotopic (exact) mass is 636 g/mol. The van der Waals surface area contributed by atoms with Gasteiger partial charge in [-0.2, -0.15) is 0 Å². The fraction of sp³-hybridized carbons (Fsp3) is 0.387. The molecule has 0 amide bonds. The van der Waals surface area contributed by atoms with Gasteiger partial charge in [-0.1, -0.05) is 99.6 Å². The van der Waals surface area contributed by atoms with Crippen molar-refractivity contribution >= 4 is 43.7 Å². The van der Waals surface area contributed by atoms with Gasteiger partial charge in [0, 0.05) is 12.2 Å². The van der Waals surface area contributed by atoms with Crippen LogP contribution in [-0.4, -0.2) is 51.6 Å². The van der Waals surface area contributed by atoms with Crippen LogP contribution >= 0.6 is 19.8 Å². The number of benzene rings is 3. The Morgan fingerprint density at radius 1 is 0.833 bits per heavy atom. The molecule has 0 radical (unpaired) electrons. The molecule has 0 bridgehead atoms. The number of hydrogen-bond acceptors (Lipinski definition) is 7. The Labute approximate surface area is 254 Å². The molecule has 3 aromatic carbocycles. The van der Waals surface area contributed by atoms with Crippen molar-refractivity contribution in [2.24, 2.45) is 0 Å². The summed E-state index contributed by atoms with van der Waals surface area (Å²) in [6.45, 7) is 8.54. The smallest absolute Gasteiger partial charge is 0.358 e. The topological polar surface area (TPSA) is 63.2 Å². The second-order valence-corrected chi connectivity index (χ2v) is 17.3. The molecule has 0 saturated heterocycles. The molecule has 0 aliphatic heterocycles. The van der Waals surface area contributed by atoms with Crippen LogP contribution in [0.4, 0.5) is 8.78 Å². The molecule has 42 heavy (non-hydrogen) atoms. The molecule has 11 heteroatoms. The van der Waals surface area contributed by atoms with Crippen molar-refractivity contribution < 1.29 is 36.3 Å². The molecule has 3 rings (SSSR count). The maximum absolute atomic E-state index is 16.2. The number of thiocarbonyl (C=S) groups is 1. The Morgan fingerprint density at radius 3 is 1.71 bits per heavy atom. The lowest BCUT2D eigenvalue weighted by Gasteiger charge is -2.44. The first kappa shape index (κ1) is 34.0. The summed E-state index contributed by atoms with van der Waals surface area (Å²) in [5.74, 6) is -3.41. The summed E-state index contributed by atoms with van der Waals surface area (Å²) >= 11 is 5.24. The molecular weight excluding hydrogens is 597 g/mol. The van der Waals surface area contributed by atoms with E-state index in [0.717, 1.165) is 10.4 Å². The molecule has 6 nitrogen and oxygen atoms in total. The van der Waals surface area contributed by atoms with Crippen LogP contribution in [0.15, 0.2) is 91.0 Å². The number of hydrogen-bond donors (Lipinski definition) is 0. The minimum absolute atomic E-state index is 0.0625. The first-order valence-corrected chi connectivity index (χ1v) is 17.9. The van der Waals surface area contributed by atoms with Crippen molar-refractivity contribution in [3.8, 4) is 5.75 Å². The highest BCUT2D eigenvalue weighted by atomic mass is 32.1. The van der Waals surface area contributed by atoms with Gasteiger partial charge >= 0.3 is 12.8 Å². The van der Waals surface area contributed by atoms with E-state index in [1.165, 1.54) is 0 Å². The van der Waals surface area contributed by atoms with Gasteiger partial charge in [0.15, 0.2) is 6.10 Å². The number of rotatable bonds is 14. The van der Waals surface area contributed by atoms with Gasteiger partial charge in [0.1, 0.15) is 11.9 Å². The maximum atomic E-state index is 16.2. The van der Waals surface area contributed by atoms with Crippen molar-refractivity contribution in [3.63, 3.8) is 0 Å². The van der Waals surface area contributed by atoms with Crippen LogP contribution in [0.2, 0.25) is 5.04 Å². The molecule has 0 aromatic heterocycles. The highest BCUT2D eigenvalue weighted by Crippen LogP contribution is 2.52. The molecule has 0 fully saturated rings. The summed E-state index contributed by atoms with van der Waals surface area (Å²) in [7, 11) is -7.41. The minimum atomic E-state index is -4.18. The highest BCUT2D eigenvalue weighted by molar-refractivity contribution is 7.79. The van der Waals surface area contributed by atoms with Gasteiger partial charge in [-0.25, -0.2) is 8.78 Å². The molecule has 3 aromatic rings. The summed E-state index contributed by atoms with van der Waals surface area (Å²) in [4.78, 5) is 0. The average molecular weight is 637 g/mol. The van der Waals surface area contributed by atoms with E-state index in [4.69, 9.17) is 35.2 Å². The fourth-order valence-corrected chi connectivity index (χ4v) is 11.3. The normalized spacial score (nSPS) is 13.4. The predicted octanol–water partition coefficient (Wildman–Crippen LogP) is 7.21. The Hall–Kier alpha value is -2.46. The van der Waals surface area contributed by atoms with Gasteiger partial charge in [0.25, 0.3) is 14.2 Å². The zero-order valence-electron chi connectivity index (χ0n) is 24.6. The Morgan fingerprint density at radius 2 is 1.29 bits per heavy atom. The number of ether oxygens (including phenoxy) is 2. The van der Waals surface area contributed by atoms with Crippen LogP contribution in [0.1, 0.15) is 34.6 Å². The summed E-state index contributed by atoms with van der Waals surface area (Å²) in [6, 6.07) is 27.7. The first-order valence-electron chi connectivity index (χ1n) is 13.8. The molecule has 0 saturated carbocycles. The molecule has 0 aliphatic carbocycles.